The van der Waals surface area contributed by atoms with E-state index >= 15 is 0 Å². The summed E-state index contributed by atoms with van der Waals surface area (Å²) in [4.78, 5) is 15.8. The second-order valence-electron chi connectivity index (χ2n) is 5.41. The average Bonchev–Trinajstić information content (AvgIpc) is 2.98. The number of carbonyl (C=O) groups excluding carboxylic acids is 1. The molecule has 0 unspecified atom stereocenters. The number of rotatable bonds is 3. The van der Waals surface area contributed by atoms with Crippen LogP contribution in [0.25, 0.3) is 0 Å². The molecule has 0 saturated carbocycles. The Morgan fingerprint density at radius 3 is 2.95 bits per heavy atom. The number of hydrogen-bond acceptors (Lipinski definition) is 5. The maximum absolute atomic E-state index is 11.4. The van der Waals surface area contributed by atoms with Crippen LogP contribution in [0.3, 0.4) is 0 Å². The van der Waals surface area contributed by atoms with Crippen molar-refractivity contribution in [2.75, 3.05) is 16.4 Å². The van der Waals surface area contributed by atoms with E-state index in [0.29, 0.717) is 12.1 Å². The van der Waals surface area contributed by atoms with E-state index in [1.54, 1.807) is 17.5 Å². The summed E-state index contributed by atoms with van der Waals surface area (Å²) in [5, 5.41) is 9.18. The Labute approximate surface area is 121 Å². The minimum Gasteiger partial charge on any atom is -0.397 e. The minimum atomic E-state index is -0.320. The molecule has 6 heteroatoms. The molecule has 104 valence electrons. The summed E-state index contributed by atoms with van der Waals surface area (Å²) < 4.78 is 0. The van der Waals surface area contributed by atoms with Gasteiger partial charge in [-0.15, -0.1) is 11.3 Å². The molecule has 0 atom stereocenters. The highest BCUT2D eigenvalue weighted by atomic mass is 32.1. The fourth-order valence-electron chi connectivity index (χ4n) is 2.32. The lowest BCUT2D eigenvalue weighted by atomic mass is 10.0. The molecule has 2 aromatic rings. The maximum atomic E-state index is 11.4. The van der Waals surface area contributed by atoms with Crippen LogP contribution < -0.4 is 16.4 Å². The zero-order valence-electron chi connectivity index (χ0n) is 11.4. The molecule has 0 radical (unpaired) electrons. The van der Waals surface area contributed by atoms with Crippen LogP contribution in [0.4, 0.5) is 17.1 Å². The number of carbonyl (C=O) groups is 1. The van der Waals surface area contributed by atoms with Crippen molar-refractivity contribution in [3.63, 3.8) is 0 Å². The number of nitrogens with zero attached hydrogens (tertiary/aromatic N) is 1. The van der Waals surface area contributed by atoms with Crippen molar-refractivity contribution in [1.29, 1.82) is 0 Å². The van der Waals surface area contributed by atoms with Crippen molar-refractivity contribution in [1.82, 2.24) is 4.98 Å². The van der Waals surface area contributed by atoms with Gasteiger partial charge in [0.2, 0.25) is 5.91 Å². The highest BCUT2D eigenvalue weighted by Crippen LogP contribution is 2.35. The lowest BCUT2D eigenvalue weighted by Gasteiger charge is -2.26. The Morgan fingerprint density at radius 1 is 1.45 bits per heavy atom. The van der Waals surface area contributed by atoms with Crippen LogP contribution in [-0.2, 0) is 16.8 Å². The Hall–Kier alpha value is -2.08. The molecular formula is C14H16N4OS. The van der Waals surface area contributed by atoms with E-state index < -0.39 is 0 Å². The largest absolute Gasteiger partial charge is 0.397 e. The van der Waals surface area contributed by atoms with Crippen LogP contribution in [-0.4, -0.2) is 10.9 Å². The minimum absolute atomic E-state index is 0.00994. The summed E-state index contributed by atoms with van der Waals surface area (Å²) in [5.41, 5.74) is 9.00. The number of nitrogen functional groups attached to an aromatic ring is 1. The predicted molar refractivity (Wildman–Crippen MR) is 82.0 cm³/mol. The number of nitrogens with one attached hydrogen (secondary N) is 2. The zero-order valence-corrected chi connectivity index (χ0v) is 12.2. The van der Waals surface area contributed by atoms with Crippen molar-refractivity contribution < 1.29 is 4.79 Å². The van der Waals surface area contributed by atoms with Gasteiger partial charge in [-0.3, -0.25) is 4.79 Å². The quantitative estimate of drug-likeness (QED) is 0.758. The van der Waals surface area contributed by atoms with E-state index in [1.807, 2.05) is 17.5 Å². The normalized spacial score (nSPS) is 14.0. The first-order valence-corrected chi connectivity index (χ1v) is 7.24. The first kappa shape index (κ1) is 12.9. The molecule has 3 rings (SSSR count). The number of aromatic nitrogens is 1. The first-order valence-electron chi connectivity index (χ1n) is 6.36. The van der Waals surface area contributed by atoms with Crippen molar-refractivity contribution in [2.45, 2.75) is 25.8 Å². The van der Waals surface area contributed by atoms with E-state index in [4.69, 9.17) is 5.73 Å². The van der Waals surface area contributed by atoms with Crippen molar-refractivity contribution in [2.24, 2.45) is 0 Å². The Balaban J connectivity index is 1.92. The number of benzene rings is 1. The SMILES string of the molecule is CC(C)(Nc1cc2c(cc1N)CC(=O)N2)c1nccs1. The number of anilines is 3. The maximum Gasteiger partial charge on any atom is 0.228 e. The van der Waals surface area contributed by atoms with Crippen molar-refractivity contribution >= 4 is 34.3 Å². The van der Waals surface area contributed by atoms with Gasteiger partial charge in [-0.1, -0.05) is 0 Å². The van der Waals surface area contributed by atoms with Gasteiger partial charge in [0.25, 0.3) is 0 Å². The summed E-state index contributed by atoms with van der Waals surface area (Å²) >= 11 is 1.60. The van der Waals surface area contributed by atoms with E-state index in [2.05, 4.69) is 29.5 Å². The van der Waals surface area contributed by atoms with Crippen LogP contribution in [0, 0.1) is 0 Å². The average molecular weight is 288 g/mol. The summed E-state index contributed by atoms with van der Waals surface area (Å²) in [6, 6.07) is 3.75. The summed E-state index contributed by atoms with van der Waals surface area (Å²) in [6.07, 6.45) is 2.19. The highest BCUT2D eigenvalue weighted by Gasteiger charge is 2.25. The van der Waals surface area contributed by atoms with Crippen molar-refractivity contribution in [3.05, 3.63) is 34.3 Å². The van der Waals surface area contributed by atoms with Gasteiger partial charge >= 0.3 is 0 Å². The summed E-state index contributed by atoms with van der Waals surface area (Å²) in [5.74, 6) is 0.00994. The fraction of sp³-hybridized carbons (Fsp3) is 0.286. The number of nitrogens with two attached hydrogens (primary N) is 1. The summed E-state index contributed by atoms with van der Waals surface area (Å²) in [7, 11) is 0. The van der Waals surface area contributed by atoms with Crippen LogP contribution in [0.15, 0.2) is 23.7 Å². The monoisotopic (exact) mass is 288 g/mol. The van der Waals surface area contributed by atoms with Gasteiger partial charge in [0.1, 0.15) is 5.01 Å². The molecule has 1 aromatic carbocycles. The lowest BCUT2D eigenvalue weighted by molar-refractivity contribution is -0.115. The molecular weight excluding hydrogens is 272 g/mol. The zero-order chi connectivity index (χ0) is 14.3. The molecule has 1 amide bonds. The second-order valence-corrected chi connectivity index (χ2v) is 6.30. The Morgan fingerprint density at radius 2 is 2.25 bits per heavy atom. The molecule has 20 heavy (non-hydrogen) atoms. The van der Waals surface area contributed by atoms with E-state index in [9.17, 15) is 4.79 Å². The molecule has 1 aliphatic rings. The van der Waals surface area contributed by atoms with Crippen LogP contribution in [0.2, 0.25) is 0 Å². The molecule has 0 fully saturated rings. The summed E-state index contributed by atoms with van der Waals surface area (Å²) in [6.45, 7) is 4.11. The molecule has 0 bridgehead atoms. The van der Waals surface area contributed by atoms with Gasteiger partial charge in [-0.25, -0.2) is 4.98 Å². The molecule has 2 heterocycles. The smallest absolute Gasteiger partial charge is 0.228 e. The van der Waals surface area contributed by atoms with Gasteiger partial charge in [-0.2, -0.15) is 0 Å². The third kappa shape index (κ3) is 2.22. The van der Waals surface area contributed by atoms with Gasteiger partial charge < -0.3 is 16.4 Å². The lowest BCUT2D eigenvalue weighted by Crippen LogP contribution is -2.28. The molecule has 1 aromatic heterocycles. The van der Waals surface area contributed by atoms with E-state index in [-0.39, 0.29) is 11.4 Å². The van der Waals surface area contributed by atoms with E-state index in [0.717, 1.165) is 21.9 Å². The molecule has 1 aliphatic heterocycles. The molecule has 4 N–H and O–H groups in total. The van der Waals surface area contributed by atoms with Crippen LogP contribution in [0.1, 0.15) is 24.4 Å². The first-order chi connectivity index (χ1) is 9.45. The van der Waals surface area contributed by atoms with Crippen LogP contribution in [0.5, 0.6) is 0 Å². The molecule has 0 spiro atoms. The third-order valence-electron chi connectivity index (χ3n) is 3.31. The fourth-order valence-corrected chi connectivity index (χ4v) is 3.04. The van der Waals surface area contributed by atoms with Crippen LogP contribution >= 0.6 is 11.3 Å². The predicted octanol–water partition coefficient (Wildman–Crippen LogP) is 2.57. The van der Waals surface area contributed by atoms with E-state index in [1.165, 1.54) is 0 Å². The van der Waals surface area contributed by atoms with Gasteiger partial charge in [-0.05, 0) is 31.5 Å². The Bertz CT molecular complexity index is 664. The molecule has 0 saturated heterocycles. The number of fused-ring (bicyclic) bond motifs is 1. The number of amides is 1. The Kier molecular flexibility index (Phi) is 2.90. The van der Waals surface area contributed by atoms with Gasteiger partial charge in [0.05, 0.1) is 23.3 Å². The topological polar surface area (TPSA) is 80.0 Å². The third-order valence-corrected chi connectivity index (χ3v) is 4.41. The standard InChI is InChI=1S/C14H16N4OS/c1-14(2,13-16-3-4-20-13)18-11-7-10-8(5-9(11)15)6-12(19)17-10/h3-5,7,18H,6,15H2,1-2H3,(H,17,19). The number of thiazole rings is 1. The van der Waals surface area contributed by atoms with Gasteiger partial charge in [0, 0.05) is 17.3 Å². The molecule has 5 nitrogen and oxygen atoms in total. The molecule has 0 aliphatic carbocycles. The second kappa shape index (κ2) is 4.49. The number of hydrogen-bond donors (Lipinski definition) is 3. The van der Waals surface area contributed by atoms with Crippen molar-refractivity contribution in [3.8, 4) is 0 Å². The van der Waals surface area contributed by atoms with Gasteiger partial charge in [0.15, 0.2) is 0 Å². The highest BCUT2D eigenvalue weighted by molar-refractivity contribution is 7.09.